The van der Waals surface area contributed by atoms with Crippen LogP contribution in [0, 0.1) is 5.41 Å². The number of ether oxygens (including phenoxy) is 1. The SMILES string of the molecule is COC(=O)C(C)(C)CCCCl. The molecule has 2 nitrogen and oxygen atoms in total. The second kappa shape index (κ2) is 4.60. The van der Waals surface area contributed by atoms with Crippen LogP contribution in [-0.4, -0.2) is 19.0 Å². The highest BCUT2D eigenvalue weighted by molar-refractivity contribution is 6.17. The maximum Gasteiger partial charge on any atom is 0.311 e. The highest BCUT2D eigenvalue weighted by Crippen LogP contribution is 2.23. The fourth-order valence-corrected chi connectivity index (χ4v) is 1.02. The number of hydrogen-bond acceptors (Lipinski definition) is 2. The van der Waals surface area contributed by atoms with Crippen LogP contribution in [0.3, 0.4) is 0 Å². The second-order valence-electron chi connectivity index (χ2n) is 3.17. The van der Waals surface area contributed by atoms with E-state index in [1.54, 1.807) is 0 Å². The van der Waals surface area contributed by atoms with Crippen LogP contribution >= 0.6 is 11.6 Å². The average molecular weight is 179 g/mol. The Bertz CT molecular complexity index is 132. The van der Waals surface area contributed by atoms with Gasteiger partial charge in [0.1, 0.15) is 0 Å². The summed E-state index contributed by atoms with van der Waals surface area (Å²) in [5, 5.41) is 0. The smallest absolute Gasteiger partial charge is 0.311 e. The summed E-state index contributed by atoms with van der Waals surface area (Å²) in [4.78, 5) is 11.1. The van der Waals surface area contributed by atoms with E-state index in [9.17, 15) is 4.79 Å². The number of alkyl halides is 1. The molecule has 0 aromatic carbocycles. The molecule has 0 aromatic rings. The quantitative estimate of drug-likeness (QED) is 0.488. The van der Waals surface area contributed by atoms with Gasteiger partial charge in [0.15, 0.2) is 0 Å². The van der Waals surface area contributed by atoms with Crippen molar-refractivity contribution in [1.29, 1.82) is 0 Å². The summed E-state index contributed by atoms with van der Waals surface area (Å²) in [6, 6.07) is 0. The largest absolute Gasteiger partial charge is 0.469 e. The normalized spacial score (nSPS) is 11.3. The van der Waals surface area contributed by atoms with Crippen LogP contribution in [0.1, 0.15) is 26.7 Å². The Kier molecular flexibility index (Phi) is 4.50. The summed E-state index contributed by atoms with van der Waals surface area (Å²) in [5.41, 5.74) is -0.385. The van der Waals surface area contributed by atoms with E-state index in [1.807, 2.05) is 13.8 Å². The first kappa shape index (κ1) is 10.8. The Morgan fingerprint density at radius 2 is 2.09 bits per heavy atom. The minimum Gasteiger partial charge on any atom is -0.469 e. The Labute approximate surface area is 72.9 Å². The molecule has 3 heteroatoms. The second-order valence-corrected chi connectivity index (χ2v) is 3.55. The minimum absolute atomic E-state index is 0.164. The third-order valence-electron chi connectivity index (χ3n) is 1.67. The van der Waals surface area contributed by atoms with Gasteiger partial charge in [-0.2, -0.15) is 0 Å². The zero-order valence-electron chi connectivity index (χ0n) is 7.32. The van der Waals surface area contributed by atoms with Crippen LogP contribution in [0.25, 0.3) is 0 Å². The molecule has 0 unspecified atom stereocenters. The van der Waals surface area contributed by atoms with Gasteiger partial charge in [-0.05, 0) is 26.7 Å². The van der Waals surface area contributed by atoms with Crippen molar-refractivity contribution in [2.75, 3.05) is 13.0 Å². The van der Waals surface area contributed by atoms with Gasteiger partial charge in [-0.1, -0.05) is 0 Å². The molecular weight excluding hydrogens is 164 g/mol. The Morgan fingerprint density at radius 1 is 1.55 bits per heavy atom. The molecule has 0 N–H and O–H groups in total. The van der Waals surface area contributed by atoms with E-state index in [-0.39, 0.29) is 11.4 Å². The molecule has 0 rings (SSSR count). The standard InChI is InChI=1S/C8H15ClO2/c1-8(2,5-4-6-9)7(10)11-3/h4-6H2,1-3H3. The van der Waals surface area contributed by atoms with Gasteiger partial charge in [0.2, 0.25) is 0 Å². The fourth-order valence-electron chi connectivity index (χ4n) is 0.887. The van der Waals surface area contributed by atoms with Crippen molar-refractivity contribution in [3.05, 3.63) is 0 Å². The van der Waals surface area contributed by atoms with Gasteiger partial charge in [-0.15, -0.1) is 11.6 Å². The molecule has 0 atom stereocenters. The van der Waals surface area contributed by atoms with Crippen LogP contribution in [0.2, 0.25) is 0 Å². The highest BCUT2D eigenvalue weighted by Gasteiger charge is 2.27. The molecular formula is C8H15ClO2. The summed E-state index contributed by atoms with van der Waals surface area (Å²) in [7, 11) is 1.41. The molecule has 0 aliphatic rings. The molecule has 0 saturated heterocycles. The van der Waals surface area contributed by atoms with E-state index in [2.05, 4.69) is 4.74 Å². The van der Waals surface area contributed by atoms with Crippen molar-refractivity contribution < 1.29 is 9.53 Å². The van der Waals surface area contributed by atoms with E-state index >= 15 is 0 Å². The van der Waals surface area contributed by atoms with Crippen LogP contribution in [0.15, 0.2) is 0 Å². The topological polar surface area (TPSA) is 26.3 Å². The molecule has 0 saturated carbocycles. The molecule has 66 valence electrons. The summed E-state index contributed by atoms with van der Waals surface area (Å²) >= 11 is 5.50. The Hall–Kier alpha value is -0.240. The lowest BCUT2D eigenvalue weighted by molar-refractivity contribution is -0.151. The fraction of sp³-hybridized carbons (Fsp3) is 0.875. The number of esters is 1. The van der Waals surface area contributed by atoms with Crippen molar-refractivity contribution in [2.24, 2.45) is 5.41 Å². The molecule has 0 heterocycles. The van der Waals surface area contributed by atoms with Crippen molar-refractivity contribution >= 4 is 17.6 Å². The van der Waals surface area contributed by atoms with Crippen LogP contribution < -0.4 is 0 Å². The first-order valence-corrected chi connectivity index (χ1v) is 4.22. The van der Waals surface area contributed by atoms with E-state index in [4.69, 9.17) is 11.6 Å². The molecule has 0 radical (unpaired) electrons. The van der Waals surface area contributed by atoms with Crippen molar-refractivity contribution in [1.82, 2.24) is 0 Å². The summed E-state index contributed by atoms with van der Waals surface area (Å²) in [6.45, 7) is 3.73. The third kappa shape index (κ3) is 3.61. The molecule has 11 heavy (non-hydrogen) atoms. The van der Waals surface area contributed by atoms with Crippen LogP contribution in [-0.2, 0) is 9.53 Å². The van der Waals surface area contributed by atoms with Gasteiger partial charge in [0.05, 0.1) is 12.5 Å². The maximum atomic E-state index is 11.1. The lowest BCUT2D eigenvalue weighted by Gasteiger charge is -2.20. The first-order valence-electron chi connectivity index (χ1n) is 3.69. The Balaban J connectivity index is 3.88. The van der Waals surface area contributed by atoms with Gasteiger partial charge >= 0.3 is 5.97 Å². The molecule has 0 aliphatic carbocycles. The monoisotopic (exact) mass is 178 g/mol. The highest BCUT2D eigenvalue weighted by atomic mass is 35.5. The molecule has 0 aliphatic heterocycles. The predicted molar refractivity (Wildman–Crippen MR) is 45.8 cm³/mol. The molecule has 0 fully saturated rings. The van der Waals surface area contributed by atoms with Gasteiger partial charge < -0.3 is 4.74 Å². The van der Waals surface area contributed by atoms with E-state index in [1.165, 1.54) is 7.11 Å². The summed E-state index contributed by atoms with van der Waals surface area (Å²) < 4.78 is 4.63. The van der Waals surface area contributed by atoms with Gasteiger partial charge in [0, 0.05) is 5.88 Å². The number of hydrogen-bond donors (Lipinski definition) is 0. The first-order chi connectivity index (χ1) is 5.04. The van der Waals surface area contributed by atoms with Gasteiger partial charge in [-0.25, -0.2) is 0 Å². The number of methoxy groups -OCH3 is 1. The van der Waals surface area contributed by atoms with Crippen LogP contribution in [0.5, 0.6) is 0 Å². The van der Waals surface area contributed by atoms with Gasteiger partial charge in [0.25, 0.3) is 0 Å². The average Bonchev–Trinajstić information content (AvgIpc) is 1.99. The lowest BCUT2D eigenvalue weighted by atomic mass is 9.88. The Morgan fingerprint density at radius 3 is 2.45 bits per heavy atom. The van der Waals surface area contributed by atoms with Crippen molar-refractivity contribution in [2.45, 2.75) is 26.7 Å². The number of halogens is 1. The zero-order valence-corrected chi connectivity index (χ0v) is 8.07. The lowest BCUT2D eigenvalue weighted by Crippen LogP contribution is -2.25. The molecule has 0 spiro atoms. The number of rotatable bonds is 4. The van der Waals surface area contributed by atoms with Gasteiger partial charge in [-0.3, -0.25) is 4.79 Å². The van der Waals surface area contributed by atoms with Crippen molar-refractivity contribution in [3.63, 3.8) is 0 Å². The van der Waals surface area contributed by atoms with E-state index in [0.29, 0.717) is 5.88 Å². The summed E-state index contributed by atoms with van der Waals surface area (Å²) in [5.74, 6) is 0.433. The zero-order chi connectivity index (χ0) is 8.91. The van der Waals surface area contributed by atoms with E-state index < -0.39 is 0 Å². The third-order valence-corrected chi connectivity index (χ3v) is 1.94. The van der Waals surface area contributed by atoms with Crippen LogP contribution in [0.4, 0.5) is 0 Å². The number of carbonyl (C=O) groups excluding carboxylic acids is 1. The number of carbonyl (C=O) groups is 1. The maximum absolute atomic E-state index is 11.1. The van der Waals surface area contributed by atoms with Crippen molar-refractivity contribution in [3.8, 4) is 0 Å². The molecule has 0 amide bonds. The van der Waals surface area contributed by atoms with E-state index in [0.717, 1.165) is 12.8 Å². The summed E-state index contributed by atoms with van der Waals surface area (Å²) in [6.07, 6.45) is 1.63. The molecule has 0 aromatic heterocycles. The minimum atomic E-state index is -0.385. The predicted octanol–water partition coefficient (Wildman–Crippen LogP) is 2.20. The molecule has 0 bridgehead atoms.